The maximum absolute atomic E-state index is 13.5. The smallest absolute Gasteiger partial charge is 0.222 e. The molecule has 0 aliphatic rings. The van der Waals surface area contributed by atoms with Crippen molar-refractivity contribution in [3.63, 3.8) is 0 Å². The van der Waals surface area contributed by atoms with Crippen molar-refractivity contribution in [1.29, 1.82) is 0 Å². The summed E-state index contributed by atoms with van der Waals surface area (Å²) in [5, 5.41) is 6.40. The summed E-state index contributed by atoms with van der Waals surface area (Å²) in [4.78, 5) is 13.7. The van der Waals surface area contributed by atoms with Crippen molar-refractivity contribution in [2.24, 2.45) is 0 Å². The van der Waals surface area contributed by atoms with Crippen molar-refractivity contribution in [1.82, 2.24) is 24.7 Å². The Bertz CT molecular complexity index is 1130. The lowest BCUT2D eigenvalue weighted by atomic mass is 10.1. The van der Waals surface area contributed by atoms with E-state index in [4.69, 9.17) is 4.98 Å². The van der Waals surface area contributed by atoms with Gasteiger partial charge >= 0.3 is 0 Å². The van der Waals surface area contributed by atoms with E-state index in [1.165, 1.54) is 12.1 Å². The molecule has 2 N–H and O–H groups in total. The highest BCUT2D eigenvalue weighted by Crippen LogP contribution is 2.32. The largest absolute Gasteiger partial charge is 0.357 e. The molecule has 7 heteroatoms. The van der Waals surface area contributed by atoms with Gasteiger partial charge in [-0.25, -0.2) is 19.3 Å². The number of fused-ring (bicyclic) bond motifs is 1. The first-order valence-corrected chi connectivity index (χ1v) is 9.56. The number of pyridine rings is 1. The second kappa shape index (κ2) is 7.97. The summed E-state index contributed by atoms with van der Waals surface area (Å²) < 4.78 is 15.5. The lowest BCUT2D eigenvalue weighted by molar-refractivity contribution is 0.588. The zero-order valence-corrected chi connectivity index (χ0v) is 16.6. The monoisotopic (exact) mass is 390 g/mol. The first-order chi connectivity index (χ1) is 14.0. The second-order valence-electron chi connectivity index (χ2n) is 7.13. The Morgan fingerprint density at radius 3 is 2.59 bits per heavy atom. The van der Waals surface area contributed by atoms with E-state index in [1.54, 1.807) is 25.4 Å². The maximum Gasteiger partial charge on any atom is 0.222 e. The van der Waals surface area contributed by atoms with E-state index in [0.717, 1.165) is 40.4 Å². The molecular formula is C22H23FN6. The molecule has 0 amide bonds. The number of rotatable bonds is 6. The van der Waals surface area contributed by atoms with Crippen LogP contribution >= 0.6 is 0 Å². The molecule has 0 radical (unpaired) electrons. The van der Waals surface area contributed by atoms with Gasteiger partial charge in [0.25, 0.3) is 0 Å². The third-order valence-electron chi connectivity index (χ3n) is 4.64. The fourth-order valence-corrected chi connectivity index (χ4v) is 3.18. The topological polar surface area (TPSA) is 67.1 Å². The van der Waals surface area contributed by atoms with Crippen molar-refractivity contribution in [3.05, 3.63) is 66.2 Å². The van der Waals surface area contributed by atoms with Gasteiger partial charge in [0.1, 0.15) is 11.5 Å². The highest BCUT2D eigenvalue weighted by molar-refractivity contribution is 5.80. The molecule has 4 aromatic rings. The predicted molar refractivity (Wildman–Crippen MR) is 113 cm³/mol. The molecule has 0 spiro atoms. The van der Waals surface area contributed by atoms with E-state index >= 15 is 0 Å². The fourth-order valence-electron chi connectivity index (χ4n) is 3.18. The Morgan fingerprint density at radius 1 is 1.07 bits per heavy atom. The van der Waals surface area contributed by atoms with Gasteiger partial charge in [-0.15, -0.1) is 0 Å². The van der Waals surface area contributed by atoms with Crippen molar-refractivity contribution < 1.29 is 4.39 Å². The second-order valence-corrected chi connectivity index (χ2v) is 7.13. The zero-order chi connectivity index (χ0) is 20.4. The summed E-state index contributed by atoms with van der Waals surface area (Å²) in [5.41, 5.74) is 5.12. The van der Waals surface area contributed by atoms with Crippen LogP contribution in [0.4, 0.5) is 10.3 Å². The van der Waals surface area contributed by atoms with E-state index in [1.807, 2.05) is 16.7 Å². The molecule has 0 fully saturated rings. The molecule has 148 valence electrons. The summed E-state index contributed by atoms with van der Waals surface area (Å²) in [5.74, 6) is 0.251. The number of halogens is 1. The predicted octanol–water partition coefficient (Wildman–Crippen LogP) is 4.14. The molecule has 4 rings (SSSR count). The molecule has 1 aromatic carbocycles. The lowest BCUT2D eigenvalue weighted by Gasteiger charge is -2.09. The Hall–Kier alpha value is -3.32. The number of nitrogens with zero attached hydrogens (tertiary/aromatic N) is 4. The van der Waals surface area contributed by atoms with Gasteiger partial charge in [-0.05, 0) is 48.0 Å². The van der Waals surface area contributed by atoms with Crippen LogP contribution in [0.5, 0.6) is 0 Å². The van der Waals surface area contributed by atoms with Crippen molar-refractivity contribution >= 4 is 11.6 Å². The molecule has 3 heterocycles. The SMILES string of the molecule is CNc1nccc(-c2c(-c3ccc(F)cc3)nc3cc(CNC(C)C)ccn23)n1. The van der Waals surface area contributed by atoms with Gasteiger partial charge in [0.05, 0.1) is 17.1 Å². The summed E-state index contributed by atoms with van der Waals surface area (Å²) in [6, 6.07) is 12.8. The standard InChI is InChI=1S/C22H23FN6/c1-14(2)26-13-15-9-11-29-19(12-15)28-20(16-4-6-17(23)7-5-16)21(29)18-8-10-25-22(24-3)27-18/h4-12,14,26H,13H2,1-3H3,(H,24,25,27). The van der Waals surface area contributed by atoms with E-state index in [9.17, 15) is 4.39 Å². The van der Waals surface area contributed by atoms with Gasteiger partial charge < -0.3 is 10.6 Å². The molecule has 0 unspecified atom stereocenters. The van der Waals surface area contributed by atoms with Gasteiger partial charge in [0, 0.05) is 37.6 Å². The Balaban J connectivity index is 1.89. The van der Waals surface area contributed by atoms with Crippen LogP contribution < -0.4 is 10.6 Å². The van der Waals surface area contributed by atoms with E-state index in [2.05, 4.69) is 46.6 Å². The van der Waals surface area contributed by atoms with Crippen molar-refractivity contribution in [2.45, 2.75) is 26.4 Å². The zero-order valence-electron chi connectivity index (χ0n) is 16.6. The van der Waals surface area contributed by atoms with Gasteiger partial charge in [-0.3, -0.25) is 4.40 Å². The molecule has 0 saturated carbocycles. The summed E-state index contributed by atoms with van der Waals surface area (Å²) in [7, 11) is 1.78. The number of benzene rings is 1. The van der Waals surface area contributed by atoms with Crippen LogP contribution in [0.2, 0.25) is 0 Å². The number of hydrogen-bond donors (Lipinski definition) is 2. The van der Waals surface area contributed by atoms with E-state index in [0.29, 0.717) is 12.0 Å². The molecular weight excluding hydrogens is 367 g/mol. The lowest BCUT2D eigenvalue weighted by Crippen LogP contribution is -2.21. The number of aromatic nitrogens is 4. The number of hydrogen-bond acceptors (Lipinski definition) is 5. The summed E-state index contributed by atoms with van der Waals surface area (Å²) in [6.07, 6.45) is 3.71. The van der Waals surface area contributed by atoms with Gasteiger partial charge in [0.15, 0.2) is 0 Å². The van der Waals surface area contributed by atoms with Crippen LogP contribution in [0.3, 0.4) is 0 Å². The normalized spacial score (nSPS) is 11.3. The molecule has 6 nitrogen and oxygen atoms in total. The minimum absolute atomic E-state index is 0.277. The van der Waals surface area contributed by atoms with Crippen LogP contribution in [-0.2, 0) is 6.54 Å². The molecule has 0 aliphatic heterocycles. The average Bonchev–Trinajstić information content (AvgIpc) is 3.11. The third kappa shape index (κ3) is 3.95. The first-order valence-electron chi connectivity index (χ1n) is 9.56. The maximum atomic E-state index is 13.5. The van der Waals surface area contributed by atoms with Gasteiger partial charge in [-0.1, -0.05) is 13.8 Å². The number of imidazole rings is 1. The minimum atomic E-state index is -0.277. The van der Waals surface area contributed by atoms with Crippen LogP contribution in [-0.4, -0.2) is 32.4 Å². The molecule has 29 heavy (non-hydrogen) atoms. The third-order valence-corrected chi connectivity index (χ3v) is 4.64. The van der Waals surface area contributed by atoms with Crippen LogP contribution in [0, 0.1) is 5.82 Å². The molecule has 0 bridgehead atoms. The van der Waals surface area contributed by atoms with Crippen LogP contribution in [0.25, 0.3) is 28.3 Å². The summed E-state index contributed by atoms with van der Waals surface area (Å²) in [6.45, 7) is 5.00. The highest BCUT2D eigenvalue weighted by atomic mass is 19.1. The minimum Gasteiger partial charge on any atom is -0.357 e. The molecule has 0 atom stereocenters. The average molecular weight is 390 g/mol. The van der Waals surface area contributed by atoms with Crippen molar-refractivity contribution in [2.75, 3.05) is 12.4 Å². The molecule has 0 saturated heterocycles. The van der Waals surface area contributed by atoms with Crippen molar-refractivity contribution in [3.8, 4) is 22.6 Å². The summed E-state index contributed by atoms with van der Waals surface area (Å²) >= 11 is 0. The van der Waals surface area contributed by atoms with Gasteiger partial charge in [-0.2, -0.15) is 0 Å². The number of nitrogens with one attached hydrogen (secondary N) is 2. The Morgan fingerprint density at radius 2 is 1.86 bits per heavy atom. The first kappa shape index (κ1) is 19.0. The van der Waals surface area contributed by atoms with Gasteiger partial charge in [0.2, 0.25) is 5.95 Å². The molecule has 0 aliphatic carbocycles. The highest BCUT2D eigenvalue weighted by Gasteiger charge is 2.18. The Labute approximate surface area is 168 Å². The van der Waals surface area contributed by atoms with Crippen LogP contribution in [0.1, 0.15) is 19.4 Å². The quantitative estimate of drug-likeness (QED) is 0.518. The van der Waals surface area contributed by atoms with E-state index in [-0.39, 0.29) is 5.82 Å². The van der Waals surface area contributed by atoms with E-state index < -0.39 is 0 Å². The number of anilines is 1. The fraction of sp³-hybridized carbons (Fsp3) is 0.227. The Kier molecular flexibility index (Phi) is 5.22. The van der Waals surface area contributed by atoms with Crippen LogP contribution in [0.15, 0.2) is 54.9 Å². The molecule has 3 aromatic heterocycles.